The van der Waals surface area contributed by atoms with E-state index in [4.69, 9.17) is 15.3 Å². The zero-order chi connectivity index (χ0) is 10.8. The molecule has 1 heterocycles. The van der Waals surface area contributed by atoms with Gasteiger partial charge in [-0.05, 0) is 12.1 Å². The Kier molecular flexibility index (Phi) is 2.17. The van der Waals surface area contributed by atoms with Crippen LogP contribution in [0.4, 0.5) is 0 Å². The lowest BCUT2D eigenvalue weighted by molar-refractivity contribution is -0.132. The van der Waals surface area contributed by atoms with Crippen molar-refractivity contribution in [1.82, 2.24) is 0 Å². The number of nitrogens with two attached hydrogens (primary N) is 1. The molecule has 2 aromatic rings. The van der Waals surface area contributed by atoms with Crippen LogP contribution in [0.25, 0.3) is 17.0 Å². The van der Waals surface area contributed by atoms with E-state index in [1.54, 1.807) is 6.07 Å². The van der Waals surface area contributed by atoms with Crippen molar-refractivity contribution in [2.24, 2.45) is 5.73 Å². The molecule has 2 rings (SSSR count). The molecule has 0 saturated heterocycles. The third kappa shape index (κ3) is 1.83. The van der Waals surface area contributed by atoms with Crippen molar-refractivity contribution >= 4 is 23.0 Å². The molecule has 0 fully saturated rings. The van der Waals surface area contributed by atoms with Gasteiger partial charge in [0, 0.05) is 11.5 Å². The van der Waals surface area contributed by atoms with E-state index in [9.17, 15) is 4.79 Å². The number of benzene rings is 1. The first-order chi connectivity index (χ1) is 7.16. The summed E-state index contributed by atoms with van der Waals surface area (Å²) in [5, 5.41) is 9.50. The summed E-state index contributed by atoms with van der Waals surface area (Å²) in [7, 11) is 0. The monoisotopic (exact) mass is 203 g/mol. The zero-order valence-corrected chi connectivity index (χ0v) is 7.81. The smallest absolute Gasteiger partial charge is 0.351 e. The molecule has 0 aliphatic rings. The van der Waals surface area contributed by atoms with Crippen LogP contribution >= 0.6 is 0 Å². The molecule has 0 amide bonds. The Morgan fingerprint density at radius 3 is 2.80 bits per heavy atom. The molecular weight excluding hydrogens is 194 g/mol. The molecule has 0 radical (unpaired) electrons. The minimum atomic E-state index is -1.16. The number of carbonyl (C=O) groups is 1. The summed E-state index contributed by atoms with van der Waals surface area (Å²) in [6, 6.07) is 9.16. The summed E-state index contributed by atoms with van der Waals surface area (Å²) < 4.78 is 5.37. The second-order valence-electron chi connectivity index (χ2n) is 3.09. The molecule has 3 N–H and O–H groups in total. The number of para-hydroxylation sites is 1. The maximum atomic E-state index is 10.5. The van der Waals surface area contributed by atoms with Gasteiger partial charge in [0.2, 0.25) is 0 Å². The molecule has 15 heavy (non-hydrogen) atoms. The highest BCUT2D eigenvalue weighted by Crippen LogP contribution is 2.19. The molecule has 0 unspecified atom stereocenters. The van der Waals surface area contributed by atoms with Crippen LogP contribution in [0.3, 0.4) is 0 Å². The lowest BCUT2D eigenvalue weighted by Crippen LogP contribution is -2.08. The van der Waals surface area contributed by atoms with Gasteiger partial charge in [-0.3, -0.25) is 0 Å². The second kappa shape index (κ2) is 3.49. The van der Waals surface area contributed by atoms with Crippen LogP contribution in [0.5, 0.6) is 0 Å². The Morgan fingerprint density at radius 1 is 1.40 bits per heavy atom. The van der Waals surface area contributed by atoms with E-state index in [2.05, 4.69) is 0 Å². The van der Waals surface area contributed by atoms with Crippen molar-refractivity contribution in [2.45, 2.75) is 0 Å². The van der Waals surface area contributed by atoms with Crippen molar-refractivity contribution in [2.75, 3.05) is 0 Å². The highest BCUT2D eigenvalue weighted by molar-refractivity contribution is 5.91. The normalized spacial score (nSPS) is 11.9. The average molecular weight is 203 g/mol. The van der Waals surface area contributed by atoms with E-state index in [1.165, 1.54) is 6.08 Å². The van der Waals surface area contributed by atoms with Crippen LogP contribution in [0.2, 0.25) is 0 Å². The molecule has 0 bridgehead atoms. The van der Waals surface area contributed by atoms with E-state index >= 15 is 0 Å². The first-order valence-electron chi connectivity index (χ1n) is 4.36. The molecule has 0 aliphatic heterocycles. The number of hydrogen-bond donors (Lipinski definition) is 2. The van der Waals surface area contributed by atoms with Crippen molar-refractivity contribution in [3.05, 3.63) is 41.8 Å². The van der Waals surface area contributed by atoms with Crippen LogP contribution in [-0.2, 0) is 4.79 Å². The highest BCUT2D eigenvalue weighted by atomic mass is 16.4. The zero-order valence-electron chi connectivity index (χ0n) is 7.81. The van der Waals surface area contributed by atoms with Gasteiger partial charge in [0.25, 0.3) is 0 Å². The highest BCUT2D eigenvalue weighted by Gasteiger charge is 2.04. The number of carboxylic acids is 1. The Labute approximate surface area is 85.6 Å². The van der Waals surface area contributed by atoms with Gasteiger partial charge in [0.15, 0.2) is 0 Å². The summed E-state index contributed by atoms with van der Waals surface area (Å²) in [4.78, 5) is 10.5. The van der Waals surface area contributed by atoms with Gasteiger partial charge in [-0.2, -0.15) is 0 Å². The van der Waals surface area contributed by atoms with Crippen LogP contribution in [0.15, 0.2) is 40.4 Å². The third-order valence-corrected chi connectivity index (χ3v) is 1.99. The molecule has 4 heteroatoms. The first-order valence-corrected chi connectivity index (χ1v) is 4.36. The predicted molar refractivity (Wildman–Crippen MR) is 56.0 cm³/mol. The Balaban J connectivity index is 2.46. The summed E-state index contributed by atoms with van der Waals surface area (Å²) in [5.74, 6) is -0.716. The molecule has 76 valence electrons. The first kappa shape index (κ1) is 9.33. The van der Waals surface area contributed by atoms with E-state index in [-0.39, 0.29) is 5.70 Å². The summed E-state index contributed by atoms with van der Waals surface area (Å²) in [6.07, 6.45) is 1.29. The fraction of sp³-hybridized carbons (Fsp3) is 0. The Hall–Kier alpha value is -2.23. The van der Waals surface area contributed by atoms with E-state index in [1.807, 2.05) is 24.3 Å². The topological polar surface area (TPSA) is 76.5 Å². The lowest BCUT2D eigenvalue weighted by atomic mass is 10.2. The van der Waals surface area contributed by atoms with Gasteiger partial charge >= 0.3 is 5.97 Å². The number of hydrogen-bond acceptors (Lipinski definition) is 3. The Morgan fingerprint density at radius 2 is 2.13 bits per heavy atom. The van der Waals surface area contributed by atoms with Gasteiger partial charge in [-0.15, -0.1) is 0 Å². The summed E-state index contributed by atoms with van der Waals surface area (Å²) >= 11 is 0. The fourth-order valence-corrected chi connectivity index (χ4v) is 1.29. The summed E-state index contributed by atoms with van der Waals surface area (Å²) in [5.41, 5.74) is 5.74. The predicted octanol–water partition coefficient (Wildman–Crippen LogP) is 1.82. The van der Waals surface area contributed by atoms with Crippen LogP contribution in [0.1, 0.15) is 5.76 Å². The van der Waals surface area contributed by atoms with E-state index < -0.39 is 5.97 Å². The minimum absolute atomic E-state index is 0.242. The van der Waals surface area contributed by atoms with Crippen molar-refractivity contribution < 1.29 is 14.3 Å². The summed E-state index contributed by atoms with van der Waals surface area (Å²) in [6.45, 7) is 0. The molecule has 0 aliphatic carbocycles. The molecule has 1 aromatic carbocycles. The van der Waals surface area contributed by atoms with Crippen LogP contribution < -0.4 is 5.73 Å². The standard InChI is InChI=1S/C11H9NO3/c12-9(11(13)14)6-8-5-7-3-1-2-4-10(7)15-8/h1-6H,12H2,(H,13,14)/b9-6+. The van der Waals surface area contributed by atoms with Gasteiger partial charge in [0.1, 0.15) is 17.0 Å². The lowest BCUT2D eigenvalue weighted by Gasteiger charge is -1.89. The SMILES string of the molecule is N/C(=C/c1cc2ccccc2o1)C(=O)O. The molecule has 0 spiro atoms. The van der Waals surface area contributed by atoms with Gasteiger partial charge in [0.05, 0.1) is 0 Å². The largest absolute Gasteiger partial charge is 0.477 e. The minimum Gasteiger partial charge on any atom is -0.477 e. The maximum Gasteiger partial charge on any atom is 0.351 e. The third-order valence-electron chi connectivity index (χ3n) is 1.99. The van der Waals surface area contributed by atoms with Crippen LogP contribution in [0, 0.1) is 0 Å². The Bertz CT molecular complexity index is 507. The average Bonchev–Trinajstić information content (AvgIpc) is 2.59. The van der Waals surface area contributed by atoms with Gasteiger partial charge < -0.3 is 15.3 Å². The molecule has 4 nitrogen and oxygen atoms in total. The molecule has 1 aromatic heterocycles. The van der Waals surface area contributed by atoms with Gasteiger partial charge in [-0.25, -0.2) is 4.79 Å². The van der Waals surface area contributed by atoms with E-state index in [0.717, 1.165) is 5.39 Å². The maximum absolute atomic E-state index is 10.5. The van der Waals surface area contributed by atoms with E-state index in [0.29, 0.717) is 11.3 Å². The number of carboxylic acid groups (broad SMARTS) is 1. The van der Waals surface area contributed by atoms with Crippen molar-refractivity contribution in [1.29, 1.82) is 0 Å². The molecule has 0 atom stereocenters. The number of rotatable bonds is 2. The fourth-order valence-electron chi connectivity index (χ4n) is 1.29. The number of aliphatic carboxylic acids is 1. The van der Waals surface area contributed by atoms with Crippen molar-refractivity contribution in [3.8, 4) is 0 Å². The van der Waals surface area contributed by atoms with Gasteiger partial charge in [-0.1, -0.05) is 18.2 Å². The number of fused-ring (bicyclic) bond motifs is 1. The quantitative estimate of drug-likeness (QED) is 0.730. The number of furan rings is 1. The molecular formula is C11H9NO3. The van der Waals surface area contributed by atoms with Crippen LogP contribution in [-0.4, -0.2) is 11.1 Å². The second-order valence-corrected chi connectivity index (χ2v) is 3.09. The van der Waals surface area contributed by atoms with Crippen molar-refractivity contribution in [3.63, 3.8) is 0 Å². The molecule has 0 saturated carbocycles.